The highest BCUT2D eigenvalue weighted by Gasteiger charge is 2.55. The molecule has 0 atom stereocenters. The van der Waals surface area contributed by atoms with Gasteiger partial charge in [-0.15, -0.1) is 0 Å². The Hall–Kier alpha value is -2.14. The van der Waals surface area contributed by atoms with Gasteiger partial charge in [0.05, 0.1) is 12.0 Å². The lowest BCUT2D eigenvalue weighted by Crippen LogP contribution is -2.54. The summed E-state index contributed by atoms with van der Waals surface area (Å²) in [5.41, 5.74) is 1.90. The maximum Gasteiger partial charge on any atom is 0.229 e. The van der Waals surface area contributed by atoms with E-state index in [4.69, 9.17) is 4.74 Å². The van der Waals surface area contributed by atoms with Gasteiger partial charge in [0.15, 0.2) is 0 Å². The molecule has 4 aliphatic carbocycles. The molecule has 0 N–H and O–H groups in total. The quantitative estimate of drug-likeness (QED) is 0.501. The van der Waals surface area contributed by atoms with Crippen LogP contribution in [0.5, 0.6) is 0 Å². The van der Waals surface area contributed by atoms with Crippen molar-refractivity contribution >= 4 is 5.91 Å². The topological polar surface area (TPSA) is 34.5 Å². The molecule has 4 fully saturated rings. The highest BCUT2D eigenvalue weighted by atomic mass is 19.1. The van der Waals surface area contributed by atoms with Crippen molar-refractivity contribution in [3.63, 3.8) is 0 Å². The van der Waals surface area contributed by atoms with Gasteiger partial charge in [0.25, 0.3) is 0 Å². The second kappa shape index (κ2) is 9.01. The minimum absolute atomic E-state index is 0.137. The Morgan fingerprint density at radius 2 is 1.84 bits per heavy atom. The number of carbonyl (C=O) groups is 1. The summed E-state index contributed by atoms with van der Waals surface area (Å²) in [6.07, 6.45) is 10.2. The number of rotatable bonds is 9. The zero-order chi connectivity index (χ0) is 22.1. The van der Waals surface area contributed by atoms with Crippen molar-refractivity contribution in [3.05, 3.63) is 59.7 Å². The SMILES string of the molecule is COCCCN(Cc1cccn1Cc1cccc(F)c1)C(=O)C12CC3CC(CC(C3)C1)C2. The van der Waals surface area contributed by atoms with Gasteiger partial charge < -0.3 is 14.2 Å². The van der Waals surface area contributed by atoms with E-state index in [1.165, 1.54) is 25.3 Å². The summed E-state index contributed by atoms with van der Waals surface area (Å²) in [5.74, 6) is 2.41. The van der Waals surface area contributed by atoms with Crippen molar-refractivity contribution in [2.45, 2.75) is 58.0 Å². The fourth-order valence-corrected chi connectivity index (χ4v) is 7.13. The minimum Gasteiger partial charge on any atom is -0.385 e. The lowest BCUT2D eigenvalue weighted by molar-refractivity contribution is -0.158. The van der Waals surface area contributed by atoms with Crippen molar-refractivity contribution in [1.29, 1.82) is 0 Å². The van der Waals surface area contributed by atoms with Gasteiger partial charge in [-0.1, -0.05) is 12.1 Å². The molecule has 4 aliphatic rings. The van der Waals surface area contributed by atoms with Crippen LogP contribution in [0.1, 0.15) is 56.2 Å². The molecule has 1 aromatic heterocycles. The third-order valence-corrected chi connectivity index (χ3v) is 8.07. The van der Waals surface area contributed by atoms with E-state index in [1.54, 1.807) is 19.2 Å². The second-order valence-electron chi connectivity index (χ2n) is 10.5. The zero-order valence-electron chi connectivity index (χ0n) is 19.1. The molecule has 4 bridgehead atoms. The van der Waals surface area contributed by atoms with Crippen LogP contribution in [-0.2, 0) is 22.6 Å². The molecule has 1 amide bonds. The van der Waals surface area contributed by atoms with Crippen LogP contribution in [0.15, 0.2) is 42.6 Å². The molecule has 1 aromatic carbocycles. The van der Waals surface area contributed by atoms with E-state index in [0.717, 1.165) is 61.2 Å². The van der Waals surface area contributed by atoms with Gasteiger partial charge >= 0.3 is 0 Å². The first-order valence-corrected chi connectivity index (χ1v) is 12.2. The van der Waals surface area contributed by atoms with Gasteiger partial charge in [0.1, 0.15) is 5.82 Å². The normalized spacial score (nSPS) is 28.2. The highest BCUT2D eigenvalue weighted by molar-refractivity contribution is 5.83. The van der Waals surface area contributed by atoms with Crippen LogP contribution in [0.3, 0.4) is 0 Å². The van der Waals surface area contributed by atoms with Crippen LogP contribution in [-0.4, -0.2) is 35.6 Å². The molecular weight excluding hydrogens is 403 g/mol. The average Bonchev–Trinajstić information content (AvgIpc) is 3.18. The predicted molar refractivity (Wildman–Crippen MR) is 122 cm³/mol. The van der Waals surface area contributed by atoms with Gasteiger partial charge in [0.2, 0.25) is 5.91 Å². The van der Waals surface area contributed by atoms with Gasteiger partial charge in [-0.05, 0) is 92.5 Å². The number of methoxy groups -OCH3 is 1. The maximum atomic E-state index is 14.1. The summed E-state index contributed by atoms with van der Waals surface area (Å²) in [6.45, 7) is 2.60. The third kappa shape index (κ3) is 4.36. The summed E-state index contributed by atoms with van der Waals surface area (Å²) in [6, 6.07) is 10.9. The van der Waals surface area contributed by atoms with Crippen molar-refractivity contribution in [2.75, 3.05) is 20.3 Å². The Bertz CT molecular complexity index is 917. The molecule has 4 nitrogen and oxygen atoms in total. The number of nitrogens with zero attached hydrogens (tertiary/aromatic N) is 2. The van der Waals surface area contributed by atoms with Crippen molar-refractivity contribution in [2.24, 2.45) is 23.2 Å². The summed E-state index contributed by atoms with van der Waals surface area (Å²) < 4.78 is 21.1. The molecule has 6 rings (SSSR count). The van der Waals surface area contributed by atoms with Gasteiger partial charge in [-0.3, -0.25) is 4.79 Å². The Morgan fingerprint density at radius 1 is 1.12 bits per heavy atom. The molecule has 32 heavy (non-hydrogen) atoms. The highest BCUT2D eigenvalue weighted by Crippen LogP contribution is 2.60. The number of benzene rings is 1. The number of aromatic nitrogens is 1. The summed E-state index contributed by atoms with van der Waals surface area (Å²) >= 11 is 0. The molecule has 2 aromatic rings. The summed E-state index contributed by atoms with van der Waals surface area (Å²) in [7, 11) is 1.72. The lowest BCUT2D eigenvalue weighted by Gasteiger charge is -2.56. The predicted octanol–water partition coefficient (Wildman–Crippen LogP) is 5.26. The Kier molecular flexibility index (Phi) is 6.11. The largest absolute Gasteiger partial charge is 0.385 e. The van der Waals surface area contributed by atoms with E-state index in [0.29, 0.717) is 25.6 Å². The van der Waals surface area contributed by atoms with Crippen LogP contribution in [0, 0.1) is 29.0 Å². The molecule has 0 radical (unpaired) electrons. The van der Waals surface area contributed by atoms with Crippen LogP contribution in [0.4, 0.5) is 4.39 Å². The first-order chi connectivity index (χ1) is 15.5. The van der Waals surface area contributed by atoms with E-state index in [2.05, 4.69) is 15.5 Å². The number of carbonyl (C=O) groups excluding carboxylic acids is 1. The maximum absolute atomic E-state index is 14.1. The van der Waals surface area contributed by atoms with Gasteiger partial charge in [-0.25, -0.2) is 4.39 Å². The monoisotopic (exact) mass is 438 g/mol. The van der Waals surface area contributed by atoms with Crippen LogP contribution in [0.2, 0.25) is 0 Å². The number of hydrogen-bond donors (Lipinski definition) is 0. The van der Waals surface area contributed by atoms with E-state index in [9.17, 15) is 9.18 Å². The molecule has 4 saturated carbocycles. The third-order valence-electron chi connectivity index (χ3n) is 8.07. The average molecular weight is 439 g/mol. The molecule has 0 unspecified atom stereocenters. The van der Waals surface area contributed by atoms with Crippen LogP contribution in [0.25, 0.3) is 0 Å². The number of halogens is 1. The number of ether oxygens (including phenoxy) is 1. The number of hydrogen-bond acceptors (Lipinski definition) is 2. The molecule has 0 saturated heterocycles. The molecule has 5 heteroatoms. The lowest BCUT2D eigenvalue weighted by atomic mass is 9.49. The molecule has 172 valence electrons. The standard InChI is InChI=1S/C27H35FN2O2/c1-32-10-4-9-30(26(31)27-15-21-11-22(16-27)13-23(12-21)17-27)19-25-7-3-8-29(25)18-20-5-2-6-24(28)14-20/h2-3,5-8,14,21-23H,4,9-13,15-19H2,1H3. The Balaban J connectivity index is 1.35. The van der Waals surface area contributed by atoms with Gasteiger partial charge in [-0.2, -0.15) is 0 Å². The minimum atomic E-state index is -0.214. The van der Waals surface area contributed by atoms with Crippen molar-refractivity contribution in [1.82, 2.24) is 9.47 Å². The molecular formula is C27H35FN2O2. The van der Waals surface area contributed by atoms with Crippen LogP contribution < -0.4 is 0 Å². The van der Waals surface area contributed by atoms with Gasteiger partial charge in [0, 0.05) is 38.7 Å². The molecule has 1 heterocycles. The Labute approximate surface area is 190 Å². The second-order valence-corrected chi connectivity index (χ2v) is 10.5. The fourth-order valence-electron chi connectivity index (χ4n) is 7.13. The van der Waals surface area contributed by atoms with E-state index in [1.807, 2.05) is 18.3 Å². The van der Waals surface area contributed by atoms with E-state index in [-0.39, 0.29) is 11.2 Å². The first-order valence-electron chi connectivity index (χ1n) is 12.2. The smallest absolute Gasteiger partial charge is 0.229 e. The fraction of sp³-hybridized carbons (Fsp3) is 0.593. The zero-order valence-corrected chi connectivity index (χ0v) is 19.1. The van der Waals surface area contributed by atoms with E-state index < -0.39 is 0 Å². The summed E-state index contributed by atoms with van der Waals surface area (Å²) in [5, 5.41) is 0. The number of amides is 1. The van der Waals surface area contributed by atoms with Crippen molar-refractivity contribution < 1.29 is 13.9 Å². The Morgan fingerprint density at radius 3 is 2.50 bits per heavy atom. The molecule has 0 spiro atoms. The molecule has 0 aliphatic heterocycles. The van der Waals surface area contributed by atoms with Crippen LogP contribution >= 0.6 is 0 Å². The van der Waals surface area contributed by atoms with Crippen molar-refractivity contribution in [3.8, 4) is 0 Å². The first kappa shape index (κ1) is 21.7. The summed E-state index contributed by atoms with van der Waals surface area (Å²) in [4.78, 5) is 16.2. The van der Waals surface area contributed by atoms with E-state index >= 15 is 0 Å².